The molecule has 1 unspecified atom stereocenters. The van der Waals surface area contributed by atoms with Crippen LogP contribution in [0.1, 0.15) is 39.2 Å². The summed E-state index contributed by atoms with van der Waals surface area (Å²) >= 11 is 0. The van der Waals surface area contributed by atoms with Gasteiger partial charge >= 0.3 is 5.97 Å². The van der Waals surface area contributed by atoms with Gasteiger partial charge in [-0.05, 0) is 39.3 Å². The lowest BCUT2D eigenvalue weighted by Gasteiger charge is -2.22. The van der Waals surface area contributed by atoms with Crippen LogP contribution in [0.3, 0.4) is 0 Å². The highest BCUT2D eigenvalue weighted by molar-refractivity contribution is 5.78. The lowest BCUT2D eigenvalue weighted by atomic mass is 10.0. The van der Waals surface area contributed by atoms with Crippen LogP contribution in [0, 0.1) is 0 Å². The van der Waals surface area contributed by atoms with Gasteiger partial charge in [0.25, 0.3) is 0 Å². The first-order valence-corrected chi connectivity index (χ1v) is 5.70. The minimum Gasteiger partial charge on any atom is -0.460 e. The topological polar surface area (TPSA) is 51.2 Å². The molecule has 0 fully saturated rings. The molecule has 0 radical (unpaired) electrons. The molecule has 1 N–H and O–H groups in total. The Bertz CT molecular complexity index is 379. The van der Waals surface area contributed by atoms with E-state index in [2.05, 4.69) is 10.3 Å². The van der Waals surface area contributed by atoms with Crippen molar-refractivity contribution in [2.45, 2.75) is 39.2 Å². The first-order chi connectivity index (χ1) is 7.83. The Kier molecular flexibility index (Phi) is 4.10. The maximum atomic E-state index is 11.8. The Morgan fingerprint density at radius 2 is 2.06 bits per heavy atom. The molecule has 0 aliphatic carbocycles. The minimum absolute atomic E-state index is 0.225. The highest BCUT2D eigenvalue weighted by Crippen LogP contribution is 2.20. The van der Waals surface area contributed by atoms with Crippen LogP contribution in [-0.4, -0.2) is 23.6 Å². The molecule has 1 rings (SSSR count). The van der Waals surface area contributed by atoms with Crippen molar-refractivity contribution in [1.82, 2.24) is 4.98 Å². The van der Waals surface area contributed by atoms with E-state index in [0.717, 1.165) is 11.4 Å². The van der Waals surface area contributed by atoms with Gasteiger partial charge in [-0.15, -0.1) is 0 Å². The smallest absolute Gasteiger partial charge is 0.313 e. The van der Waals surface area contributed by atoms with Gasteiger partial charge in [0.1, 0.15) is 11.4 Å². The molecule has 4 heteroatoms. The summed E-state index contributed by atoms with van der Waals surface area (Å²) in [6, 6.07) is 3.73. The minimum atomic E-state index is -0.455. The third kappa shape index (κ3) is 4.06. The van der Waals surface area contributed by atoms with Crippen molar-refractivity contribution < 1.29 is 9.53 Å². The number of anilines is 1. The molecule has 4 nitrogen and oxygen atoms in total. The number of rotatable bonds is 3. The van der Waals surface area contributed by atoms with Crippen molar-refractivity contribution in [2.75, 3.05) is 12.4 Å². The van der Waals surface area contributed by atoms with E-state index in [4.69, 9.17) is 4.74 Å². The molecule has 0 amide bonds. The number of pyridine rings is 1. The zero-order chi connectivity index (χ0) is 13.1. The fraction of sp³-hybridized carbons (Fsp3) is 0.538. The zero-order valence-electron chi connectivity index (χ0n) is 11.1. The number of nitrogens with zero attached hydrogens (tertiary/aromatic N) is 1. The van der Waals surface area contributed by atoms with Gasteiger partial charge in [-0.25, -0.2) is 4.98 Å². The molecule has 0 aromatic carbocycles. The molecule has 0 aliphatic rings. The molecule has 94 valence electrons. The molecule has 0 saturated heterocycles. The molecule has 0 spiro atoms. The maximum Gasteiger partial charge on any atom is 0.313 e. The van der Waals surface area contributed by atoms with E-state index in [1.54, 1.807) is 13.2 Å². The Hall–Kier alpha value is -1.58. The number of nitrogens with one attached hydrogen (secondary N) is 1. The second-order valence-electron chi connectivity index (χ2n) is 4.98. The Labute approximate surface area is 102 Å². The van der Waals surface area contributed by atoms with Crippen LogP contribution in [0.2, 0.25) is 0 Å². The van der Waals surface area contributed by atoms with Crippen LogP contribution in [0.4, 0.5) is 5.82 Å². The number of carbonyl (C=O) groups excluding carboxylic acids is 1. The largest absolute Gasteiger partial charge is 0.460 e. The number of hydrogen-bond donors (Lipinski definition) is 1. The molecule has 1 atom stereocenters. The summed E-state index contributed by atoms with van der Waals surface area (Å²) in [5.74, 6) is 0.259. The standard InChI is InChI=1S/C13H20N2O2/c1-9(12(16)17-13(2,3)4)10-6-7-11(14-5)15-8-10/h6-9H,1-5H3,(H,14,15). The second kappa shape index (κ2) is 5.17. The lowest BCUT2D eigenvalue weighted by molar-refractivity contribution is -0.156. The van der Waals surface area contributed by atoms with Gasteiger partial charge in [0.05, 0.1) is 5.92 Å². The lowest BCUT2D eigenvalue weighted by Crippen LogP contribution is -2.26. The Balaban J connectivity index is 2.74. The van der Waals surface area contributed by atoms with Gasteiger partial charge in [-0.2, -0.15) is 0 Å². The van der Waals surface area contributed by atoms with Crippen molar-refractivity contribution in [2.24, 2.45) is 0 Å². The summed E-state index contributed by atoms with van der Waals surface area (Å²) in [5.41, 5.74) is 0.405. The van der Waals surface area contributed by atoms with E-state index >= 15 is 0 Å². The number of carbonyl (C=O) groups is 1. The summed E-state index contributed by atoms with van der Waals surface area (Å²) in [7, 11) is 1.80. The fourth-order valence-electron chi connectivity index (χ4n) is 1.34. The first-order valence-electron chi connectivity index (χ1n) is 5.70. The first kappa shape index (κ1) is 13.5. The van der Waals surface area contributed by atoms with E-state index in [1.807, 2.05) is 39.8 Å². The molecular formula is C13H20N2O2. The Morgan fingerprint density at radius 1 is 1.41 bits per heavy atom. The summed E-state index contributed by atoms with van der Waals surface area (Å²) < 4.78 is 5.33. The number of ether oxygens (including phenoxy) is 1. The third-order valence-corrected chi connectivity index (χ3v) is 2.30. The average molecular weight is 236 g/mol. The monoisotopic (exact) mass is 236 g/mol. The zero-order valence-corrected chi connectivity index (χ0v) is 11.1. The van der Waals surface area contributed by atoms with Gasteiger partial charge in [-0.1, -0.05) is 6.07 Å². The Morgan fingerprint density at radius 3 is 2.47 bits per heavy atom. The van der Waals surface area contributed by atoms with Gasteiger partial charge in [0, 0.05) is 13.2 Å². The molecular weight excluding hydrogens is 216 g/mol. The van der Waals surface area contributed by atoms with Crippen molar-refractivity contribution in [3.63, 3.8) is 0 Å². The average Bonchev–Trinajstić information content (AvgIpc) is 2.26. The SMILES string of the molecule is CNc1ccc(C(C)C(=O)OC(C)(C)C)cn1. The summed E-state index contributed by atoms with van der Waals surface area (Å²) in [5, 5.41) is 2.93. The van der Waals surface area contributed by atoms with Crippen molar-refractivity contribution in [1.29, 1.82) is 0 Å². The van der Waals surface area contributed by atoms with Gasteiger partial charge < -0.3 is 10.1 Å². The number of aromatic nitrogens is 1. The molecule has 0 saturated carbocycles. The molecule has 0 bridgehead atoms. The quantitative estimate of drug-likeness (QED) is 0.819. The van der Waals surface area contributed by atoms with Crippen LogP contribution in [0.15, 0.2) is 18.3 Å². The number of esters is 1. The van der Waals surface area contributed by atoms with E-state index in [0.29, 0.717) is 0 Å². The van der Waals surface area contributed by atoms with Crippen LogP contribution in [0.25, 0.3) is 0 Å². The van der Waals surface area contributed by atoms with E-state index in [9.17, 15) is 4.79 Å². The third-order valence-electron chi connectivity index (χ3n) is 2.30. The molecule has 17 heavy (non-hydrogen) atoms. The van der Waals surface area contributed by atoms with Crippen LogP contribution in [0.5, 0.6) is 0 Å². The predicted octanol–water partition coefficient (Wildman–Crippen LogP) is 2.57. The number of hydrogen-bond acceptors (Lipinski definition) is 4. The van der Waals surface area contributed by atoms with E-state index in [-0.39, 0.29) is 11.9 Å². The molecule has 1 aromatic heterocycles. The van der Waals surface area contributed by atoms with Crippen molar-refractivity contribution in [3.8, 4) is 0 Å². The van der Waals surface area contributed by atoms with E-state index in [1.165, 1.54) is 0 Å². The van der Waals surface area contributed by atoms with Gasteiger partial charge in [-0.3, -0.25) is 4.79 Å². The summed E-state index contributed by atoms with van der Waals surface area (Å²) in [6.07, 6.45) is 1.69. The highest BCUT2D eigenvalue weighted by Gasteiger charge is 2.22. The highest BCUT2D eigenvalue weighted by atomic mass is 16.6. The predicted molar refractivity (Wildman–Crippen MR) is 68.0 cm³/mol. The summed E-state index contributed by atoms with van der Waals surface area (Å²) in [4.78, 5) is 16.0. The van der Waals surface area contributed by atoms with Crippen LogP contribution >= 0.6 is 0 Å². The van der Waals surface area contributed by atoms with Crippen LogP contribution < -0.4 is 5.32 Å². The van der Waals surface area contributed by atoms with E-state index < -0.39 is 5.60 Å². The second-order valence-corrected chi connectivity index (χ2v) is 4.98. The molecule has 0 aliphatic heterocycles. The van der Waals surface area contributed by atoms with Gasteiger partial charge in [0.15, 0.2) is 0 Å². The van der Waals surface area contributed by atoms with Crippen LogP contribution in [-0.2, 0) is 9.53 Å². The van der Waals surface area contributed by atoms with Gasteiger partial charge in [0.2, 0.25) is 0 Å². The molecule has 1 aromatic rings. The fourth-order valence-corrected chi connectivity index (χ4v) is 1.34. The maximum absolute atomic E-state index is 11.8. The normalized spacial score (nSPS) is 13.0. The molecule has 1 heterocycles. The van der Waals surface area contributed by atoms with Crippen molar-refractivity contribution in [3.05, 3.63) is 23.9 Å². The van der Waals surface area contributed by atoms with Crippen molar-refractivity contribution >= 4 is 11.8 Å². The summed E-state index contributed by atoms with van der Waals surface area (Å²) in [6.45, 7) is 7.41.